The molecule has 0 fully saturated rings. The average molecular weight is 401 g/mol. The first-order valence-corrected chi connectivity index (χ1v) is 10.1. The first kappa shape index (κ1) is 19.8. The summed E-state index contributed by atoms with van der Waals surface area (Å²) >= 11 is 0. The Balaban J connectivity index is 1.72. The summed E-state index contributed by atoms with van der Waals surface area (Å²) in [6.07, 6.45) is 0. The van der Waals surface area contributed by atoms with Gasteiger partial charge in [-0.25, -0.2) is 9.37 Å². The van der Waals surface area contributed by atoms with E-state index in [1.165, 1.54) is 6.07 Å². The van der Waals surface area contributed by atoms with Crippen molar-refractivity contribution in [3.63, 3.8) is 0 Å². The number of nitrogens with zero attached hydrogens (tertiary/aromatic N) is 3. The highest BCUT2D eigenvalue weighted by Crippen LogP contribution is 2.27. The van der Waals surface area contributed by atoms with Gasteiger partial charge >= 0.3 is 0 Å². The fraction of sp³-hybridized carbons (Fsp3) is 0.200. The fourth-order valence-electron chi connectivity index (χ4n) is 3.65. The molecule has 0 aliphatic carbocycles. The minimum Gasteiger partial charge on any atom is -0.334 e. The van der Waals surface area contributed by atoms with Crippen LogP contribution in [0, 0.1) is 5.82 Å². The van der Waals surface area contributed by atoms with Crippen molar-refractivity contribution in [1.29, 1.82) is 0 Å². The topological polar surface area (TPSA) is 38.1 Å². The molecule has 152 valence electrons. The average Bonchev–Trinajstić information content (AvgIpc) is 3.11. The van der Waals surface area contributed by atoms with Crippen LogP contribution in [-0.2, 0) is 17.9 Å². The third kappa shape index (κ3) is 3.96. The Kier molecular flexibility index (Phi) is 5.61. The molecule has 0 saturated heterocycles. The van der Waals surface area contributed by atoms with E-state index in [9.17, 15) is 9.18 Å². The van der Waals surface area contributed by atoms with Crippen LogP contribution >= 0.6 is 0 Å². The lowest BCUT2D eigenvalue weighted by molar-refractivity contribution is -0.134. The maximum Gasteiger partial charge on any atom is 0.243 e. The van der Waals surface area contributed by atoms with Crippen molar-refractivity contribution in [1.82, 2.24) is 14.5 Å². The summed E-state index contributed by atoms with van der Waals surface area (Å²) in [6.45, 7) is 4.63. The van der Waals surface area contributed by atoms with Gasteiger partial charge in [0.15, 0.2) is 0 Å². The molecule has 3 aromatic carbocycles. The number of hydrogen-bond acceptors (Lipinski definition) is 2. The molecule has 4 nitrogen and oxygen atoms in total. The first-order chi connectivity index (χ1) is 14.5. The Morgan fingerprint density at radius 1 is 0.967 bits per heavy atom. The van der Waals surface area contributed by atoms with Crippen LogP contribution in [0.4, 0.5) is 4.39 Å². The summed E-state index contributed by atoms with van der Waals surface area (Å²) in [5.74, 6) is 0.0761. The van der Waals surface area contributed by atoms with Crippen LogP contribution in [0.25, 0.3) is 22.4 Å². The van der Waals surface area contributed by atoms with Crippen LogP contribution in [0.5, 0.6) is 0 Å². The van der Waals surface area contributed by atoms with Crippen LogP contribution in [0.1, 0.15) is 19.4 Å². The van der Waals surface area contributed by atoms with Gasteiger partial charge in [-0.1, -0.05) is 54.6 Å². The van der Waals surface area contributed by atoms with Crippen LogP contribution in [0.2, 0.25) is 0 Å². The van der Waals surface area contributed by atoms with Crippen LogP contribution in [-0.4, -0.2) is 26.4 Å². The maximum absolute atomic E-state index is 14.5. The summed E-state index contributed by atoms with van der Waals surface area (Å²) in [7, 11) is 0. The quantitative estimate of drug-likeness (QED) is 0.441. The number of rotatable bonds is 6. The molecule has 1 amide bonds. The highest BCUT2D eigenvalue weighted by Gasteiger charge is 2.22. The molecule has 0 spiro atoms. The van der Waals surface area contributed by atoms with Gasteiger partial charge in [0.05, 0.1) is 16.6 Å². The molecule has 4 rings (SSSR count). The van der Waals surface area contributed by atoms with Crippen molar-refractivity contribution in [3.05, 3.63) is 90.2 Å². The van der Waals surface area contributed by atoms with E-state index in [4.69, 9.17) is 0 Å². The molecule has 0 bridgehead atoms. The van der Waals surface area contributed by atoms with Gasteiger partial charge in [0.1, 0.15) is 18.2 Å². The molecule has 1 heterocycles. The van der Waals surface area contributed by atoms with Crippen molar-refractivity contribution in [2.24, 2.45) is 0 Å². The van der Waals surface area contributed by atoms with Gasteiger partial charge in [-0.15, -0.1) is 0 Å². The van der Waals surface area contributed by atoms with Crippen molar-refractivity contribution in [3.8, 4) is 11.4 Å². The SMILES string of the molecule is CC(C)N(Cc1ccccc1)C(=O)Cn1c(-c2ccccc2F)nc2ccccc21. The summed E-state index contributed by atoms with van der Waals surface area (Å²) in [5.41, 5.74) is 3.01. The van der Waals surface area contributed by atoms with E-state index in [1.807, 2.05) is 77.9 Å². The number of hydrogen-bond donors (Lipinski definition) is 0. The van der Waals surface area contributed by atoms with Gasteiger partial charge in [0.25, 0.3) is 0 Å². The Labute approximate surface area is 175 Å². The number of amides is 1. The van der Waals surface area contributed by atoms with Gasteiger partial charge < -0.3 is 9.47 Å². The van der Waals surface area contributed by atoms with Gasteiger partial charge in [0, 0.05) is 12.6 Å². The van der Waals surface area contributed by atoms with Gasteiger partial charge in [-0.05, 0) is 43.7 Å². The zero-order chi connectivity index (χ0) is 21.1. The number of aromatic nitrogens is 2. The van der Waals surface area contributed by atoms with Crippen molar-refractivity contribution >= 4 is 16.9 Å². The monoisotopic (exact) mass is 401 g/mol. The molecule has 0 atom stereocenters. The van der Waals surface area contributed by atoms with Crippen LogP contribution < -0.4 is 0 Å². The third-order valence-corrected chi connectivity index (χ3v) is 5.20. The number of imidazole rings is 1. The minimum atomic E-state index is -0.355. The highest BCUT2D eigenvalue weighted by molar-refractivity contribution is 5.84. The predicted molar refractivity (Wildman–Crippen MR) is 117 cm³/mol. The Hall–Kier alpha value is -3.47. The fourth-order valence-corrected chi connectivity index (χ4v) is 3.65. The van der Waals surface area contributed by atoms with E-state index in [0.29, 0.717) is 17.9 Å². The van der Waals surface area contributed by atoms with Gasteiger partial charge in [-0.2, -0.15) is 0 Å². The minimum absolute atomic E-state index is 0.0319. The summed E-state index contributed by atoms with van der Waals surface area (Å²) < 4.78 is 16.4. The highest BCUT2D eigenvalue weighted by atomic mass is 19.1. The van der Waals surface area contributed by atoms with Crippen molar-refractivity contribution in [2.45, 2.75) is 33.0 Å². The molecule has 5 heteroatoms. The molecule has 0 N–H and O–H groups in total. The van der Waals surface area contributed by atoms with E-state index in [0.717, 1.165) is 16.6 Å². The number of benzene rings is 3. The maximum atomic E-state index is 14.5. The lowest BCUT2D eigenvalue weighted by Crippen LogP contribution is -2.38. The Morgan fingerprint density at radius 2 is 1.63 bits per heavy atom. The van der Waals surface area contributed by atoms with E-state index in [2.05, 4.69) is 4.98 Å². The van der Waals surface area contributed by atoms with Crippen LogP contribution in [0.15, 0.2) is 78.9 Å². The van der Waals surface area contributed by atoms with E-state index < -0.39 is 0 Å². The molecule has 0 radical (unpaired) electrons. The lowest BCUT2D eigenvalue weighted by Gasteiger charge is -2.27. The predicted octanol–water partition coefficient (Wildman–Crippen LogP) is 5.28. The normalized spacial score (nSPS) is 11.2. The van der Waals surface area contributed by atoms with E-state index in [1.54, 1.807) is 18.2 Å². The molecular formula is C25H24FN3O. The Morgan fingerprint density at radius 3 is 2.37 bits per heavy atom. The van der Waals surface area contributed by atoms with Crippen molar-refractivity contribution in [2.75, 3.05) is 0 Å². The Bertz CT molecular complexity index is 1170. The smallest absolute Gasteiger partial charge is 0.243 e. The largest absolute Gasteiger partial charge is 0.334 e. The zero-order valence-corrected chi connectivity index (χ0v) is 17.1. The molecule has 4 aromatic rings. The number of carbonyl (C=O) groups excluding carboxylic acids is 1. The second-order valence-corrected chi connectivity index (χ2v) is 7.59. The molecule has 0 aliphatic rings. The van der Waals surface area contributed by atoms with E-state index in [-0.39, 0.29) is 24.3 Å². The summed E-state index contributed by atoms with van der Waals surface area (Å²) in [4.78, 5) is 19.8. The third-order valence-electron chi connectivity index (χ3n) is 5.20. The standard InChI is InChI=1S/C25H24FN3O/c1-18(2)28(16-19-10-4-3-5-11-19)24(30)17-29-23-15-9-8-14-22(23)27-25(29)20-12-6-7-13-21(20)26/h3-15,18H,16-17H2,1-2H3. The van der Waals surface area contributed by atoms with Crippen LogP contribution in [0.3, 0.4) is 0 Å². The number of carbonyl (C=O) groups is 1. The molecular weight excluding hydrogens is 377 g/mol. The van der Waals surface area contributed by atoms with Crippen molar-refractivity contribution < 1.29 is 9.18 Å². The second-order valence-electron chi connectivity index (χ2n) is 7.59. The molecule has 1 aromatic heterocycles. The van der Waals surface area contributed by atoms with Gasteiger partial charge in [0.2, 0.25) is 5.91 Å². The van der Waals surface area contributed by atoms with Gasteiger partial charge in [-0.3, -0.25) is 4.79 Å². The zero-order valence-electron chi connectivity index (χ0n) is 17.1. The molecule has 0 unspecified atom stereocenters. The number of para-hydroxylation sites is 2. The number of halogens is 1. The molecule has 30 heavy (non-hydrogen) atoms. The number of fused-ring (bicyclic) bond motifs is 1. The first-order valence-electron chi connectivity index (χ1n) is 10.1. The summed E-state index contributed by atoms with van der Waals surface area (Å²) in [6, 6.07) is 24.1. The molecule has 0 saturated carbocycles. The lowest BCUT2D eigenvalue weighted by atomic mass is 10.2. The van der Waals surface area contributed by atoms with E-state index >= 15 is 0 Å². The molecule has 0 aliphatic heterocycles. The summed E-state index contributed by atoms with van der Waals surface area (Å²) in [5, 5.41) is 0. The second kappa shape index (κ2) is 8.49.